The zero-order valence-electron chi connectivity index (χ0n) is 59.1. The van der Waals surface area contributed by atoms with Gasteiger partial charge in [0.05, 0.1) is 73.5 Å². The number of ether oxygens (including phenoxy) is 7. The summed E-state index contributed by atoms with van der Waals surface area (Å²) in [6, 6.07) is 39.5. The maximum absolute atomic E-state index is 12.3. The van der Waals surface area contributed by atoms with Gasteiger partial charge >= 0.3 is 23.9 Å². The van der Waals surface area contributed by atoms with Gasteiger partial charge in [0.25, 0.3) is 0 Å². The summed E-state index contributed by atoms with van der Waals surface area (Å²) in [5.74, 6) is -2.21. The molecule has 0 aliphatic carbocycles. The third-order valence-corrected chi connectivity index (χ3v) is 14.6. The highest BCUT2D eigenvalue weighted by Crippen LogP contribution is 2.31. The number of hydrogen-bond donors (Lipinski definition) is 2. The van der Waals surface area contributed by atoms with Gasteiger partial charge in [0, 0.05) is 110 Å². The van der Waals surface area contributed by atoms with Crippen molar-refractivity contribution < 1.29 is 81.7 Å². The van der Waals surface area contributed by atoms with Crippen LogP contribution in [0.25, 0.3) is 0 Å². The molecule has 0 saturated heterocycles. The van der Waals surface area contributed by atoms with Gasteiger partial charge in [0.2, 0.25) is 23.6 Å². The Balaban J connectivity index is 0.00000117. The van der Waals surface area contributed by atoms with Crippen molar-refractivity contribution >= 4 is 47.5 Å². The van der Waals surface area contributed by atoms with Crippen molar-refractivity contribution in [2.75, 3.05) is 82.8 Å². The van der Waals surface area contributed by atoms with Gasteiger partial charge in [-0.25, -0.2) is 0 Å². The molecule has 0 fully saturated rings. The first kappa shape index (κ1) is 85.6. The Bertz CT molecular complexity index is 2600. The number of carbonyl (C=O) groups is 8. The smallest absolute Gasteiger partial charge is 0.310 e. The third kappa shape index (κ3) is 34.9. The van der Waals surface area contributed by atoms with Gasteiger partial charge in [-0.2, -0.15) is 0 Å². The molecule has 4 aromatic carbocycles. The number of esters is 4. The van der Waals surface area contributed by atoms with E-state index in [4.69, 9.17) is 28.4 Å². The Hall–Kier alpha value is -7.40. The van der Waals surface area contributed by atoms with Gasteiger partial charge in [-0.3, -0.25) is 38.4 Å². The van der Waals surface area contributed by atoms with Crippen molar-refractivity contribution in [3.05, 3.63) is 144 Å². The first-order valence-corrected chi connectivity index (χ1v) is 31.1. The molecule has 0 aliphatic rings. The minimum atomic E-state index is -0.800. The zero-order valence-corrected chi connectivity index (χ0v) is 59.1. The number of hydrogen-bond acceptors (Lipinski definition) is 17. The van der Waals surface area contributed by atoms with Crippen molar-refractivity contribution in [2.24, 2.45) is 21.7 Å². The van der Waals surface area contributed by atoms with Crippen molar-refractivity contribution in [1.29, 1.82) is 0 Å². The van der Waals surface area contributed by atoms with E-state index in [1.807, 2.05) is 121 Å². The van der Waals surface area contributed by atoms with Crippen LogP contribution in [0.4, 0.5) is 0 Å². The van der Waals surface area contributed by atoms with E-state index in [1.54, 1.807) is 112 Å². The first-order valence-electron chi connectivity index (χ1n) is 31.1. The minimum absolute atomic E-state index is 0.0759. The molecule has 0 bridgehead atoms. The van der Waals surface area contributed by atoms with E-state index >= 15 is 0 Å². The van der Waals surface area contributed by atoms with Crippen LogP contribution in [-0.2, 0) is 97.9 Å². The highest BCUT2D eigenvalue weighted by Gasteiger charge is 2.42. The summed E-state index contributed by atoms with van der Waals surface area (Å²) in [5, 5.41) is 20.3. The lowest BCUT2D eigenvalue weighted by atomic mass is 9.83. The normalized spacial score (nSPS) is 12.4. The highest BCUT2D eigenvalue weighted by atomic mass is 16.6. The quantitative estimate of drug-likeness (QED) is 0.0213. The zero-order chi connectivity index (χ0) is 71.1. The fraction of sp³-hybridized carbons (Fsp3) is 0.556. The SMILES string of the molecule is CC(=O)OC(C)=O.CC(=O)OC(CCOCc1ccccc1)C(C)(C)C(=O)N(C)C.CC(=O)OC(CCOCc1ccccc1)C(C)(C)C(=O)N(C)C.CN(C)C(=O)C(C)(C)C(O)CCOCc1ccccc1.CN(C)C(=O)C(C)(C)[C@@H](O)CCOCc1ccccc1. The van der Waals surface area contributed by atoms with Crippen LogP contribution in [0.15, 0.2) is 121 Å². The maximum atomic E-state index is 12.3. The van der Waals surface area contributed by atoms with E-state index in [9.17, 15) is 48.6 Å². The summed E-state index contributed by atoms with van der Waals surface area (Å²) < 4.78 is 37.1. The van der Waals surface area contributed by atoms with Gasteiger partial charge in [0.15, 0.2) is 0 Å². The van der Waals surface area contributed by atoms with Crippen LogP contribution in [0.2, 0.25) is 0 Å². The van der Waals surface area contributed by atoms with E-state index in [-0.39, 0.29) is 23.6 Å². The number of nitrogens with zero attached hydrogens (tertiary/aromatic N) is 4. The molecule has 0 heterocycles. The number of aliphatic hydroxyl groups excluding tert-OH is 2. The van der Waals surface area contributed by atoms with Crippen LogP contribution < -0.4 is 0 Å². The summed E-state index contributed by atoms with van der Waals surface area (Å²) in [6.45, 7) is 23.0. The van der Waals surface area contributed by atoms with Crippen molar-refractivity contribution in [3.63, 3.8) is 0 Å². The molecule has 4 rings (SSSR count). The van der Waals surface area contributed by atoms with E-state index in [2.05, 4.69) is 4.74 Å². The fourth-order valence-electron chi connectivity index (χ4n) is 9.15. The lowest BCUT2D eigenvalue weighted by molar-refractivity contribution is -0.163. The Labute approximate surface area is 554 Å². The topological polar surface area (TPSA) is 255 Å². The Morgan fingerprint density at radius 2 is 0.538 bits per heavy atom. The summed E-state index contributed by atoms with van der Waals surface area (Å²) in [6.07, 6.45) is -0.644. The predicted octanol–water partition coefficient (Wildman–Crippen LogP) is 9.51. The molecule has 0 aliphatic heterocycles. The van der Waals surface area contributed by atoms with E-state index in [0.717, 1.165) is 22.3 Å². The molecule has 2 N–H and O–H groups in total. The molecule has 21 nitrogen and oxygen atoms in total. The van der Waals surface area contributed by atoms with E-state index < -0.39 is 70.0 Å². The van der Waals surface area contributed by atoms with Crippen molar-refractivity contribution in [1.82, 2.24) is 19.6 Å². The lowest BCUT2D eigenvalue weighted by Gasteiger charge is -2.34. The Morgan fingerprint density at radius 3 is 0.720 bits per heavy atom. The Morgan fingerprint density at radius 1 is 0.333 bits per heavy atom. The largest absolute Gasteiger partial charge is 0.461 e. The van der Waals surface area contributed by atoms with Crippen LogP contribution >= 0.6 is 0 Å². The van der Waals surface area contributed by atoms with Crippen LogP contribution in [-0.4, -0.2) is 185 Å². The van der Waals surface area contributed by atoms with Crippen LogP contribution in [0, 0.1) is 21.7 Å². The number of rotatable bonds is 30. The molecule has 4 atom stereocenters. The average Bonchev–Trinajstić information content (AvgIpc) is 0.996. The summed E-state index contributed by atoms with van der Waals surface area (Å²) in [5.41, 5.74) is 1.19. The second kappa shape index (κ2) is 44.2. The van der Waals surface area contributed by atoms with Crippen LogP contribution in [0.1, 0.15) is 131 Å². The van der Waals surface area contributed by atoms with Crippen LogP contribution in [0.3, 0.4) is 0 Å². The average molecular weight is 1300 g/mol. The Kier molecular flexibility index (Phi) is 40.7. The number of carbonyl (C=O) groups excluding carboxylic acids is 8. The van der Waals surface area contributed by atoms with E-state index in [0.29, 0.717) is 78.5 Å². The molecular formula is C72H110N4O17. The molecule has 93 heavy (non-hydrogen) atoms. The predicted molar refractivity (Wildman–Crippen MR) is 358 cm³/mol. The lowest BCUT2D eigenvalue weighted by Crippen LogP contribution is -2.46. The molecule has 0 spiro atoms. The molecule has 21 heteroatoms. The number of aliphatic hydroxyl groups is 2. The summed E-state index contributed by atoms with van der Waals surface area (Å²) in [4.78, 5) is 97.0. The van der Waals surface area contributed by atoms with Gasteiger partial charge in [-0.1, -0.05) is 121 Å². The molecule has 0 radical (unpaired) electrons. The molecule has 3 unspecified atom stereocenters. The highest BCUT2D eigenvalue weighted by molar-refractivity contribution is 5.84. The molecule has 520 valence electrons. The van der Waals surface area contributed by atoms with Gasteiger partial charge in [0.1, 0.15) is 12.2 Å². The minimum Gasteiger partial charge on any atom is -0.461 e. The van der Waals surface area contributed by atoms with E-state index in [1.165, 1.54) is 47.3 Å². The molecule has 0 saturated carbocycles. The standard InChI is InChI=1S/2C18H27NO4.2C16H25NO3.C4H6O3/c2*1-14(20)23-16(18(2,3)17(21)19(4)5)11-12-22-13-15-9-7-6-8-10-15;2*1-16(2,15(19)17(3)4)14(18)10-11-20-12-13-8-6-5-7-9-13;1-3(5)7-4(2)6/h2*6-10,16H,11-13H2,1-5H3;2*5-9,14,18H,10-12H2,1-4H3;1-2H3/t;;14-;;/m..0../s1. The fourth-order valence-corrected chi connectivity index (χ4v) is 9.15. The van der Waals surface area contributed by atoms with Crippen molar-refractivity contribution in [2.45, 2.75) is 160 Å². The first-order chi connectivity index (χ1) is 43.3. The second-order valence-electron chi connectivity index (χ2n) is 25.3. The number of benzene rings is 4. The maximum Gasteiger partial charge on any atom is 0.310 e. The van der Waals surface area contributed by atoms with Gasteiger partial charge in [-0.05, 0) is 90.5 Å². The molecule has 4 amide bonds. The van der Waals surface area contributed by atoms with Crippen molar-refractivity contribution in [3.8, 4) is 0 Å². The number of amides is 4. The van der Waals surface area contributed by atoms with Gasteiger partial charge < -0.3 is 63.0 Å². The van der Waals surface area contributed by atoms with Crippen LogP contribution in [0.5, 0.6) is 0 Å². The summed E-state index contributed by atoms with van der Waals surface area (Å²) >= 11 is 0. The molecule has 4 aromatic rings. The summed E-state index contributed by atoms with van der Waals surface area (Å²) in [7, 11) is 13.6. The van der Waals surface area contributed by atoms with Gasteiger partial charge in [-0.15, -0.1) is 0 Å². The third-order valence-electron chi connectivity index (χ3n) is 14.6. The second-order valence-corrected chi connectivity index (χ2v) is 25.3. The monoisotopic (exact) mass is 1300 g/mol. The molecular weight excluding hydrogens is 1190 g/mol. The molecule has 0 aromatic heterocycles.